The van der Waals surface area contributed by atoms with Crippen LogP contribution >= 0.6 is 7.82 Å². The molecule has 0 rings (SSSR count). The van der Waals surface area contributed by atoms with E-state index in [0.29, 0.717) is 0 Å². The Kier molecular flexibility index (Phi) is 43.4. The molecule has 0 spiro atoms. The van der Waals surface area contributed by atoms with Gasteiger partial charge in [0.15, 0.2) is 0 Å². The van der Waals surface area contributed by atoms with Crippen molar-refractivity contribution in [3.05, 3.63) is 0 Å². The predicted octanol–water partition coefficient (Wildman–Crippen LogP) is -5.62. The zero-order valence-electron chi connectivity index (χ0n) is 7.90. The fraction of sp³-hybridized carbons (Fsp3) is 0. The van der Waals surface area contributed by atoms with Gasteiger partial charge in [-0.2, -0.15) is 0 Å². The molecule has 6 nitrogen and oxygen atoms in total. The van der Waals surface area contributed by atoms with Crippen LogP contribution in [0, 0.1) is 0 Å². The number of hydrogen-bond donors (Lipinski definition) is 3. The standard InChI is InChI=1S/Ca.Na.H3O4P.2H2O.3H/c;;1-5(2,3)4;;;;;/h;;(H3,1,2,3,4);2*1H2;;;/q+2;+1;;;;3*-1. The van der Waals surface area contributed by atoms with E-state index in [1.165, 1.54) is 0 Å². The van der Waals surface area contributed by atoms with Crippen LogP contribution in [0.5, 0.6) is 0 Å². The van der Waals surface area contributed by atoms with Gasteiger partial charge in [-0.3, -0.25) is 0 Å². The van der Waals surface area contributed by atoms with Gasteiger partial charge < -0.3 is 29.9 Å². The van der Waals surface area contributed by atoms with E-state index in [1.54, 1.807) is 0 Å². The molecule has 0 aliphatic rings. The first-order valence-electron chi connectivity index (χ1n) is 0.783. The average Bonchev–Trinajstić information content (AvgIpc) is 0.722. The third kappa shape index (κ3) is 135. The van der Waals surface area contributed by atoms with Crippen LogP contribution in [0.2, 0.25) is 0 Å². The van der Waals surface area contributed by atoms with Gasteiger partial charge in [-0.15, -0.1) is 0 Å². The second-order valence-corrected chi connectivity index (χ2v) is 1.54. The van der Waals surface area contributed by atoms with Crippen LogP contribution in [0.1, 0.15) is 4.28 Å². The Bertz CT molecular complexity index is 68.9. The van der Waals surface area contributed by atoms with E-state index in [0.717, 1.165) is 0 Å². The zero-order chi connectivity index (χ0) is 4.50. The molecule has 0 radical (unpaired) electrons. The van der Waals surface area contributed by atoms with Crippen molar-refractivity contribution in [2.75, 3.05) is 0 Å². The minimum absolute atomic E-state index is 0. The second-order valence-electron chi connectivity index (χ2n) is 0.513. The monoisotopic (exact) mass is 200 g/mol. The molecule has 9 heteroatoms. The molecule has 0 aromatic carbocycles. The van der Waals surface area contributed by atoms with E-state index in [2.05, 4.69) is 0 Å². The van der Waals surface area contributed by atoms with Gasteiger partial charge in [0.2, 0.25) is 0 Å². The molecule has 54 valence electrons. The summed E-state index contributed by atoms with van der Waals surface area (Å²) >= 11 is 0. The summed E-state index contributed by atoms with van der Waals surface area (Å²) < 4.78 is 8.88. The van der Waals surface area contributed by atoms with Crippen molar-refractivity contribution in [1.82, 2.24) is 0 Å². The van der Waals surface area contributed by atoms with E-state index in [9.17, 15) is 0 Å². The molecule has 0 bridgehead atoms. The molecule has 0 aromatic rings. The Morgan fingerprint density at radius 2 is 1.11 bits per heavy atom. The Labute approximate surface area is 108 Å². The molecule has 0 heterocycles. The maximum atomic E-state index is 8.88. The van der Waals surface area contributed by atoms with Crippen LogP contribution in [0.25, 0.3) is 0 Å². The molecule has 0 amide bonds. The molecule has 0 aromatic heterocycles. The molecule has 0 saturated heterocycles. The van der Waals surface area contributed by atoms with Gasteiger partial charge in [-0.25, -0.2) is 4.57 Å². The van der Waals surface area contributed by atoms with Crippen LogP contribution in [0.15, 0.2) is 0 Å². The Morgan fingerprint density at radius 3 is 1.11 bits per heavy atom. The predicted molar refractivity (Wildman–Crippen MR) is 30.6 cm³/mol. The molecular formula is H10CaNaO6P. The largest absolute Gasteiger partial charge is 2.00 e. The molecule has 0 atom stereocenters. The van der Waals surface area contributed by atoms with E-state index in [-0.39, 0.29) is 82.5 Å². The van der Waals surface area contributed by atoms with Gasteiger partial charge in [-0.1, -0.05) is 0 Å². The third-order valence-corrected chi connectivity index (χ3v) is 0. The van der Waals surface area contributed by atoms with Crippen LogP contribution in [0.3, 0.4) is 0 Å². The molecule has 0 aliphatic heterocycles. The van der Waals surface area contributed by atoms with Crippen molar-refractivity contribution in [2.45, 2.75) is 0 Å². The first kappa shape index (κ1) is 30.2. The van der Waals surface area contributed by atoms with Gasteiger partial charge in [0, 0.05) is 0 Å². The SMILES string of the molecule is O.O.O=P(O)(O)O.[Ca+2].[H-].[H-].[H-].[Na+]. The minimum Gasteiger partial charge on any atom is -1.00 e. The van der Waals surface area contributed by atoms with Gasteiger partial charge in [0.1, 0.15) is 0 Å². The van der Waals surface area contributed by atoms with Crippen LogP contribution in [-0.2, 0) is 4.57 Å². The van der Waals surface area contributed by atoms with Gasteiger partial charge >= 0.3 is 75.1 Å². The molecule has 9 heavy (non-hydrogen) atoms. The Morgan fingerprint density at radius 1 is 1.11 bits per heavy atom. The third-order valence-electron chi connectivity index (χ3n) is 0. The summed E-state index contributed by atoms with van der Waals surface area (Å²) in [6.07, 6.45) is 0. The molecule has 0 fully saturated rings. The van der Waals surface area contributed by atoms with Crippen molar-refractivity contribution in [1.29, 1.82) is 0 Å². The van der Waals surface area contributed by atoms with Gasteiger partial charge in [-0.05, 0) is 0 Å². The number of phosphoric acid groups is 1. The first-order valence-corrected chi connectivity index (χ1v) is 2.35. The normalized spacial score (nSPS) is 6.56. The van der Waals surface area contributed by atoms with Crippen molar-refractivity contribution >= 4 is 45.6 Å². The zero-order valence-corrected chi connectivity index (χ0v) is 10.0. The fourth-order valence-corrected chi connectivity index (χ4v) is 0. The second kappa shape index (κ2) is 12.9. The Balaban J connectivity index is -0.00000000381. The summed E-state index contributed by atoms with van der Waals surface area (Å²) in [5, 5.41) is 0. The number of hydrogen-bond acceptors (Lipinski definition) is 1. The van der Waals surface area contributed by atoms with Crippen molar-refractivity contribution in [3.63, 3.8) is 0 Å². The topological polar surface area (TPSA) is 141 Å². The van der Waals surface area contributed by atoms with Crippen molar-refractivity contribution < 1.29 is 64.0 Å². The maximum absolute atomic E-state index is 8.88. The molecule has 7 N–H and O–H groups in total. The maximum Gasteiger partial charge on any atom is 2.00 e. The molecule has 0 aliphatic carbocycles. The van der Waals surface area contributed by atoms with E-state index < -0.39 is 7.82 Å². The summed E-state index contributed by atoms with van der Waals surface area (Å²) in [5.41, 5.74) is 0. The molecule has 0 saturated carbocycles. The minimum atomic E-state index is -4.64. The van der Waals surface area contributed by atoms with Crippen LogP contribution < -0.4 is 29.6 Å². The quantitative estimate of drug-likeness (QED) is 0.264. The van der Waals surface area contributed by atoms with Crippen molar-refractivity contribution in [3.8, 4) is 0 Å². The Hall–Kier alpha value is 2.29. The summed E-state index contributed by atoms with van der Waals surface area (Å²) in [7, 11) is -4.64. The fourth-order valence-electron chi connectivity index (χ4n) is 0. The van der Waals surface area contributed by atoms with Crippen LogP contribution in [-0.4, -0.2) is 63.4 Å². The van der Waals surface area contributed by atoms with E-state index in [1.807, 2.05) is 0 Å². The summed E-state index contributed by atoms with van der Waals surface area (Å²) in [4.78, 5) is 21.6. The molecular weight excluding hydrogens is 190 g/mol. The van der Waals surface area contributed by atoms with E-state index >= 15 is 0 Å². The first-order chi connectivity index (χ1) is 2.00. The summed E-state index contributed by atoms with van der Waals surface area (Å²) in [6.45, 7) is 0. The number of rotatable bonds is 0. The molecule has 0 unspecified atom stereocenters. The van der Waals surface area contributed by atoms with Gasteiger partial charge in [0.05, 0.1) is 0 Å². The summed E-state index contributed by atoms with van der Waals surface area (Å²) in [5.74, 6) is 0. The van der Waals surface area contributed by atoms with Crippen molar-refractivity contribution in [2.24, 2.45) is 0 Å². The van der Waals surface area contributed by atoms with E-state index in [4.69, 9.17) is 19.2 Å². The average molecular weight is 200 g/mol. The van der Waals surface area contributed by atoms with Crippen LogP contribution in [0.4, 0.5) is 0 Å². The van der Waals surface area contributed by atoms with Gasteiger partial charge in [0.25, 0.3) is 0 Å². The smallest absolute Gasteiger partial charge is 1.00 e. The summed E-state index contributed by atoms with van der Waals surface area (Å²) in [6, 6.07) is 0.